The number of hydrogen-bond donors (Lipinski definition) is 0. The molecule has 4 heteroatoms. The molecule has 0 bridgehead atoms. The van der Waals surface area contributed by atoms with Crippen LogP contribution in [0.3, 0.4) is 0 Å². The van der Waals surface area contributed by atoms with Crippen LogP contribution in [0, 0.1) is 17.2 Å². The van der Waals surface area contributed by atoms with Gasteiger partial charge in [0.05, 0.1) is 11.5 Å². The van der Waals surface area contributed by atoms with Crippen LogP contribution in [-0.2, 0) is 5.41 Å². The smallest absolute Gasteiger partial charge is 0.0874 e. The van der Waals surface area contributed by atoms with Crippen molar-refractivity contribution in [2.75, 3.05) is 13.1 Å². The number of benzene rings is 2. The summed E-state index contributed by atoms with van der Waals surface area (Å²) in [5.41, 5.74) is 1.41. The Bertz CT molecular complexity index is 793. The van der Waals surface area contributed by atoms with E-state index >= 15 is 0 Å². The van der Waals surface area contributed by atoms with Gasteiger partial charge in [0.1, 0.15) is 0 Å². The predicted octanol–water partition coefficient (Wildman–Crippen LogP) is 7.66. The average molecular weight is 431 g/mol. The second-order valence-corrected chi connectivity index (χ2v) is 8.88. The Labute approximate surface area is 186 Å². The van der Waals surface area contributed by atoms with Crippen molar-refractivity contribution in [1.82, 2.24) is 4.90 Å². The average Bonchev–Trinajstić information content (AvgIpc) is 2.71. The molecule has 2 unspecified atom stereocenters. The van der Waals surface area contributed by atoms with E-state index in [0.717, 1.165) is 37.9 Å². The van der Waals surface area contributed by atoms with Crippen LogP contribution in [0.2, 0.25) is 10.0 Å². The Hall–Kier alpha value is -1.53. The first-order chi connectivity index (χ1) is 13.9. The van der Waals surface area contributed by atoms with Crippen LogP contribution in [0.25, 0.3) is 0 Å². The van der Waals surface area contributed by atoms with Crippen LogP contribution in [-0.4, -0.2) is 18.0 Å². The maximum Gasteiger partial charge on any atom is 0.0874 e. The van der Waals surface area contributed by atoms with Gasteiger partial charge in [-0.1, -0.05) is 80.4 Å². The van der Waals surface area contributed by atoms with Crippen LogP contribution in [0.5, 0.6) is 0 Å². The van der Waals surface area contributed by atoms with Crippen molar-refractivity contribution < 1.29 is 0 Å². The molecule has 0 saturated carbocycles. The fourth-order valence-corrected chi connectivity index (χ4v) is 4.89. The van der Waals surface area contributed by atoms with E-state index in [-0.39, 0.29) is 5.92 Å². The van der Waals surface area contributed by atoms with E-state index in [9.17, 15) is 5.26 Å². The summed E-state index contributed by atoms with van der Waals surface area (Å²) in [5, 5.41) is 11.4. The van der Waals surface area contributed by atoms with Gasteiger partial charge in [0.25, 0.3) is 0 Å². The molecule has 0 aliphatic rings. The van der Waals surface area contributed by atoms with E-state index in [1.165, 1.54) is 5.56 Å². The molecule has 0 fully saturated rings. The number of nitrogens with zero attached hydrogens (tertiary/aromatic N) is 2. The predicted molar refractivity (Wildman–Crippen MR) is 125 cm³/mol. The van der Waals surface area contributed by atoms with Gasteiger partial charge >= 0.3 is 0 Å². The quantitative estimate of drug-likeness (QED) is 0.386. The fourth-order valence-electron chi connectivity index (χ4n) is 4.16. The van der Waals surface area contributed by atoms with Crippen molar-refractivity contribution in [3.8, 4) is 6.07 Å². The summed E-state index contributed by atoms with van der Waals surface area (Å²) in [6, 6.07) is 19.0. The van der Waals surface area contributed by atoms with E-state index in [1.54, 1.807) is 0 Å². The van der Waals surface area contributed by atoms with Crippen molar-refractivity contribution in [3.05, 3.63) is 69.7 Å². The fraction of sp³-hybridized carbons (Fsp3) is 0.480. The molecule has 0 spiro atoms. The van der Waals surface area contributed by atoms with Gasteiger partial charge in [0.15, 0.2) is 0 Å². The minimum absolute atomic E-state index is 0.107. The highest BCUT2D eigenvalue weighted by atomic mass is 35.5. The summed E-state index contributed by atoms with van der Waals surface area (Å²) >= 11 is 13.0. The number of hydrogen-bond acceptors (Lipinski definition) is 2. The molecule has 156 valence electrons. The van der Waals surface area contributed by atoms with Gasteiger partial charge in [-0.2, -0.15) is 5.26 Å². The van der Waals surface area contributed by atoms with Crippen LogP contribution in [0.4, 0.5) is 0 Å². The van der Waals surface area contributed by atoms with E-state index in [4.69, 9.17) is 23.2 Å². The Kier molecular flexibility index (Phi) is 9.03. The Morgan fingerprint density at radius 1 is 0.966 bits per heavy atom. The van der Waals surface area contributed by atoms with E-state index < -0.39 is 5.41 Å². The van der Waals surface area contributed by atoms with Crippen molar-refractivity contribution in [3.63, 3.8) is 0 Å². The lowest BCUT2D eigenvalue weighted by Crippen LogP contribution is -2.34. The lowest BCUT2D eigenvalue weighted by molar-refractivity contribution is 0.198. The van der Waals surface area contributed by atoms with Gasteiger partial charge in [0, 0.05) is 21.7 Å². The summed E-state index contributed by atoms with van der Waals surface area (Å²) < 4.78 is 0. The first-order valence-corrected chi connectivity index (χ1v) is 11.3. The topological polar surface area (TPSA) is 27.0 Å². The molecule has 0 saturated heterocycles. The molecule has 2 aromatic carbocycles. The van der Waals surface area contributed by atoms with Gasteiger partial charge in [-0.15, -0.1) is 0 Å². The molecule has 2 nitrogen and oxygen atoms in total. The molecule has 29 heavy (non-hydrogen) atoms. The standard InChI is InChI=1S/C25H32Cl2N2/c1-5-16-29(20(4)21-11-7-6-8-12-21)17-10-15-25(18-28,19(2)3)24-22(26)13-9-14-23(24)27/h6-9,11-14,19-20H,5,10,15-17H2,1-4H3. The molecule has 0 N–H and O–H groups in total. The molecular weight excluding hydrogens is 399 g/mol. The monoisotopic (exact) mass is 430 g/mol. The molecule has 0 aliphatic carbocycles. The maximum atomic E-state index is 10.2. The molecule has 2 rings (SSSR count). The third kappa shape index (κ3) is 5.54. The molecule has 0 aromatic heterocycles. The second-order valence-electron chi connectivity index (χ2n) is 8.06. The third-order valence-corrected chi connectivity index (χ3v) is 6.58. The first-order valence-electron chi connectivity index (χ1n) is 10.5. The normalized spacial score (nSPS) is 14.6. The molecular formula is C25H32Cl2N2. The summed E-state index contributed by atoms with van der Waals surface area (Å²) in [4.78, 5) is 2.51. The van der Waals surface area contributed by atoms with Crippen LogP contribution in [0.15, 0.2) is 48.5 Å². The van der Waals surface area contributed by atoms with E-state index in [0.29, 0.717) is 16.1 Å². The summed E-state index contributed by atoms with van der Waals surface area (Å²) in [7, 11) is 0. The highest BCUT2D eigenvalue weighted by Crippen LogP contribution is 2.43. The van der Waals surface area contributed by atoms with E-state index in [2.05, 4.69) is 69.0 Å². The highest BCUT2D eigenvalue weighted by molar-refractivity contribution is 6.36. The Morgan fingerprint density at radius 2 is 1.59 bits per heavy atom. The van der Waals surface area contributed by atoms with Crippen molar-refractivity contribution in [2.45, 2.75) is 58.4 Å². The number of rotatable bonds is 10. The zero-order valence-electron chi connectivity index (χ0n) is 18.0. The Balaban J connectivity index is 2.21. The lowest BCUT2D eigenvalue weighted by atomic mass is 9.69. The van der Waals surface area contributed by atoms with Crippen LogP contribution < -0.4 is 0 Å². The largest absolute Gasteiger partial charge is 0.297 e. The van der Waals surface area contributed by atoms with E-state index in [1.807, 2.05) is 18.2 Å². The minimum Gasteiger partial charge on any atom is -0.297 e. The lowest BCUT2D eigenvalue weighted by Gasteiger charge is -2.35. The van der Waals surface area contributed by atoms with Crippen molar-refractivity contribution in [2.24, 2.45) is 5.92 Å². The second kappa shape index (κ2) is 11.0. The summed E-state index contributed by atoms with van der Waals surface area (Å²) in [6.45, 7) is 10.6. The first kappa shape index (κ1) is 23.7. The highest BCUT2D eigenvalue weighted by Gasteiger charge is 2.39. The zero-order valence-corrected chi connectivity index (χ0v) is 19.5. The molecule has 0 amide bonds. The maximum absolute atomic E-state index is 10.2. The SMILES string of the molecule is CCCN(CCCC(C#N)(c1c(Cl)cccc1Cl)C(C)C)C(C)c1ccccc1. The molecule has 0 heterocycles. The molecule has 2 aromatic rings. The van der Waals surface area contributed by atoms with Gasteiger partial charge < -0.3 is 0 Å². The number of halogens is 2. The van der Waals surface area contributed by atoms with Gasteiger partial charge in [0.2, 0.25) is 0 Å². The van der Waals surface area contributed by atoms with Crippen LogP contribution >= 0.6 is 23.2 Å². The van der Waals surface area contributed by atoms with Gasteiger partial charge in [-0.25, -0.2) is 0 Å². The zero-order chi connectivity index (χ0) is 21.4. The van der Waals surface area contributed by atoms with Gasteiger partial charge in [-0.3, -0.25) is 4.90 Å². The van der Waals surface area contributed by atoms with Crippen molar-refractivity contribution >= 4 is 23.2 Å². The summed E-state index contributed by atoms with van der Waals surface area (Å²) in [6.07, 6.45) is 2.73. The minimum atomic E-state index is -0.691. The van der Waals surface area contributed by atoms with Crippen LogP contribution in [0.1, 0.15) is 64.1 Å². The third-order valence-electron chi connectivity index (χ3n) is 5.95. The molecule has 0 aliphatic heterocycles. The molecule has 2 atom stereocenters. The summed E-state index contributed by atoms with van der Waals surface area (Å²) in [5.74, 6) is 0.107. The van der Waals surface area contributed by atoms with Gasteiger partial charge in [-0.05, 0) is 62.9 Å². The molecule has 0 radical (unpaired) electrons. The Morgan fingerprint density at radius 3 is 2.10 bits per heavy atom. The van der Waals surface area contributed by atoms with Crippen molar-refractivity contribution in [1.29, 1.82) is 5.26 Å². The number of nitriles is 1.